The lowest BCUT2D eigenvalue weighted by molar-refractivity contribution is -0.122. The Kier molecular flexibility index (Phi) is 7.79. The molecule has 0 heterocycles. The van der Waals surface area contributed by atoms with Crippen LogP contribution in [0.2, 0.25) is 0 Å². The quantitative estimate of drug-likeness (QED) is 0.798. The third kappa shape index (κ3) is 5.72. The molecular formula is C13H19ClN2O3. The van der Waals surface area contributed by atoms with Crippen molar-refractivity contribution >= 4 is 24.3 Å². The van der Waals surface area contributed by atoms with Crippen molar-refractivity contribution in [2.75, 3.05) is 6.61 Å². The molecule has 0 aliphatic heterocycles. The first kappa shape index (κ1) is 17.4. The molecule has 6 heteroatoms. The third-order valence-corrected chi connectivity index (χ3v) is 2.35. The number of carbonyl (C=O) groups is 2. The summed E-state index contributed by atoms with van der Waals surface area (Å²) < 4.78 is 4.87. The fraction of sp³-hybridized carbons (Fsp3) is 0.385. The minimum atomic E-state index is -0.524. The second-order valence-electron chi connectivity index (χ2n) is 3.92. The van der Waals surface area contributed by atoms with Crippen LogP contribution in [0.25, 0.3) is 0 Å². The Morgan fingerprint density at radius 1 is 1.32 bits per heavy atom. The molecule has 1 amide bonds. The van der Waals surface area contributed by atoms with E-state index in [1.165, 1.54) is 0 Å². The topological polar surface area (TPSA) is 81.4 Å². The van der Waals surface area contributed by atoms with E-state index in [4.69, 9.17) is 10.5 Å². The van der Waals surface area contributed by atoms with E-state index in [1.807, 2.05) is 0 Å². The first-order valence-electron chi connectivity index (χ1n) is 5.84. The van der Waals surface area contributed by atoms with Gasteiger partial charge >= 0.3 is 5.97 Å². The van der Waals surface area contributed by atoms with E-state index >= 15 is 0 Å². The molecule has 0 spiro atoms. The molecular weight excluding hydrogens is 268 g/mol. The Labute approximate surface area is 118 Å². The summed E-state index contributed by atoms with van der Waals surface area (Å²) in [4.78, 5) is 22.7. The normalized spacial score (nSPS) is 11.1. The zero-order valence-corrected chi connectivity index (χ0v) is 11.8. The maximum atomic E-state index is 11.4. The van der Waals surface area contributed by atoms with Gasteiger partial charge in [-0.15, -0.1) is 12.4 Å². The SMILES string of the molecule is CCOC(=O)c1ccc(CNC(=O)[C@@H](C)N)cc1.Cl. The number of benzene rings is 1. The number of halogens is 1. The molecule has 19 heavy (non-hydrogen) atoms. The smallest absolute Gasteiger partial charge is 0.338 e. The van der Waals surface area contributed by atoms with Crippen LogP contribution in [0.15, 0.2) is 24.3 Å². The number of amides is 1. The molecule has 1 aromatic carbocycles. The maximum Gasteiger partial charge on any atom is 0.338 e. The van der Waals surface area contributed by atoms with Gasteiger partial charge in [-0.1, -0.05) is 12.1 Å². The molecule has 0 radical (unpaired) electrons. The molecule has 0 saturated heterocycles. The largest absolute Gasteiger partial charge is 0.462 e. The van der Waals surface area contributed by atoms with Crippen LogP contribution in [0.5, 0.6) is 0 Å². The molecule has 1 rings (SSSR count). The van der Waals surface area contributed by atoms with Crippen LogP contribution in [0.4, 0.5) is 0 Å². The highest BCUT2D eigenvalue weighted by Gasteiger charge is 2.08. The monoisotopic (exact) mass is 286 g/mol. The Morgan fingerprint density at radius 2 is 1.89 bits per heavy atom. The van der Waals surface area contributed by atoms with E-state index < -0.39 is 6.04 Å². The maximum absolute atomic E-state index is 11.4. The van der Waals surface area contributed by atoms with Gasteiger partial charge < -0.3 is 15.8 Å². The lowest BCUT2D eigenvalue weighted by Gasteiger charge is -2.08. The summed E-state index contributed by atoms with van der Waals surface area (Å²) in [5.74, 6) is -0.548. The van der Waals surface area contributed by atoms with Crippen molar-refractivity contribution in [3.63, 3.8) is 0 Å². The Morgan fingerprint density at radius 3 is 2.37 bits per heavy atom. The Bertz CT molecular complexity index is 418. The molecule has 0 fully saturated rings. The van der Waals surface area contributed by atoms with Gasteiger partial charge in [-0.2, -0.15) is 0 Å². The van der Waals surface area contributed by atoms with E-state index in [1.54, 1.807) is 38.1 Å². The number of esters is 1. The van der Waals surface area contributed by atoms with Gasteiger partial charge in [-0.3, -0.25) is 4.79 Å². The number of hydrogen-bond donors (Lipinski definition) is 2. The van der Waals surface area contributed by atoms with Gasteiger partial charge in [0.05, 0.1) is 18.2 Å². The number of nitrogens with one attached hydrogen (secondary N) is 1. The van der Waals surface area contributed by atoms with Gasteiger partial charge in [0.25, 0.3) is 0 Å². The van der Waals surface area contributed by atoms with Crippen molar-refractivity contribution in [2.45, 2.75) is 26.4 Å². The van der Waals surface area contributed by atoms with Crippen molar-refractivity contribution < 1.29 is 14.3 Å². The van der Waals surface area contributed by atoms with Gasteiger partial charge in [0.1, 0.15) is 0 Å². The number of nitrogens with two attached hydrogens (primary N) is 1. The van der Waals surface area contributed by atoms with Crippen molar-refractivity contribution in [2.24, 2.45) is 5.73 Å². The summed E-state index contributed by atoms with van der Waals surface area (Å²) in [5.41, 5.74) is 6.82. The number of rotatable bonds is 5. The molecule has 0 bridgehead atoms. The Balaban J connectivity index is 0.00000324. The first-order valence-corrected chi connectivity index (χ1v) is 5.84. The van der Waals surface area contributed by atoms with Crippen LogP contribution < -0.4 is 11.1 Å². The summed E-state index contributed by atoms with van der Waals surface area (Å²) in [5, 5.41) is 2.69. The predicted molar refractivity (Wildman–Crippen MR) is 75.1 cm³/mol. The fourth-order valence-corrected chi connectivity index (χ4v) is 1.32. The average molecular weight is 287 g/mol. The van der Waals surface area contributed by atoms with Crippen molar-refractivity contribution in [1.29, 1.82) is 0 Å². The van der Waals surface area contributed by atoms with E-state index in [0.717, 1.165) is 5.56 Å². The molecule has 3 N–H and O–H groups in total. The molecule has 5 nitrogen and oxygen atoms in total. The average Bonchev–Trinajstić information content (AvgIpc) is 2.36. The zero-order chi connectivity index (χ0) is 13.5. The van der Waals surface area contributed by atoms with Gasteiger partial charge in [0, 0.05) is 6.54 Å². The highest BCUT2D eigenvalue weighted by Crippen LogP contribution is 2.06. The fourth-order valence-electron chi connectivity index (χ4n) is 1.32. The lowest BCUT2D eigenvalue weighted by atomic mass is 10.1. The zero-order valence-electron chi connectivity index (χ0n) is 11.0. The van der Waals surface area contributed by atoms with Crippen LogP contribution in [-0.4, -0.2) is 24.5 Å². The highest BCUT2D eigenvalue weighted by atomic mass is 35.5. The molecule has 106 valence electrons. The van der Waals surface area contributed by atoms with Crippen molar-refractivity contribution in [3.8, 4) is 0 Å². The van der Waals surface area contributed by atoms with Gasteiger partial charge in [-0.05, 0) is 31.5 Å². The Hall–Kier alpha value is -1.59. The van der Waals surface area contributed by atoms with E-state index in [0.29, 0.717) is 18.7 Å². The minimum absolute atomic E-state index is 0. The van der Waals surface area contributed by atoms with Crippen molar-refractivity contribution in [1.82, 2.24) is 5.32 Å². The molecule has 0 unspecified atom stereocenters. The molecule has 0 aliphatic carbocycles. The number of hydrogen-bond acceptors (Lipinski definition) is 4. The van der Waals surface area contributed by atoms with Crippen LogP contribution in [-0.2, 0) is 16.1 Å². The van der Waals surface area contributed by atoms with E-state index in [-0.39, 0.29) is 24.3 Å². The van der Waals surface area contributed by atoms with E-state index in [2.05, 4.69) is 5.32 Å². The molecule has 0 aromatic heterocycles. The van der Waals surface area contributed by atoms with Crippen LogP contribution in [0.1, 0.15) is 29.8 Å². The highest BCUT2D eigenvalue weighted by molar-refractivity contribution is 5.89. The van der Waals surface area contributed by atoms with Crippen LogP contribution >= 0.6 is 12.4 Å². The van der Waals surface area contributed by atoms with Gasteiger partial charge in [0.2, 0.25) is 5.91 Å². The second kappa shape index (κ2) is 8.50. The molecule has 1 atom stereocenters. The molecule has 0 aliphatic rings. The molecule has 0 saturated carbocycles. The molecule has 1 aromatic rings. The summed E-state index contributed by atoms with van der Waals surface area (Å²) in [7, 11) is 0. The van der Waals surface area contributed by atoms with Crippen LogP contribution in [0, 0.1) is 0 Å². The van der Waals surface area contributed by atoms with Gasteiger partial charge in [-0.25, -0.2) is 4.79 Å². The van der Waals surface area contributed by atoms with Crippen molar-refractivity contribution in [3.05, 3.63) is 35.4 Å². The lowest BCUT2D eigenvalue weighted by Crippen LogP contribution is -2.37. The van der Waals surface area contributed by atoms with Crippen LogP contribution in [0.3, 0.4) is 0 Å². The standard InChI is InChI=1S/C13H18N2O3.ClH/c1-3-18-13(17)11-6-4-10(5-7-11)8-15-12(16)9(2)14;/h4-7,9H,3,8,14H2,1-2H3,(H,15,16);1H/t9-;/m1./s1. The first-order chi connectivity index (χ1) is 8.54. The second-order valence-corrected chi connectivity index (χ2v) is 3.92. The summed E-state index contributed by atoms with van der Waals surface area (Å²) in [6.45, 7) is 4.13. The third-order valence-electron chi connectivity index (χ3n) is 2.35. The summed E-state index contributed by atoms with van der Waals surface area (Å²) in [6, 6.07) is 6.36. The summed E-state index contributed by atoms with van der Waals surface area (Å²) >= 11 is 0. The van der Waals surface area contributed by atoms with Gasteiger partial charge in [0.15, 0.2) is 0 Å². The minimum Gasteiger partial charge on any atom is -0.462 e. The number of carbonyl (C=O) groups excluding carboxylic acids is 2. The number of ether oxygens (including phenoxy) is 1. The van der Waals surface area contributed by atoms with E-state index in [9.17, 15) is 9.59 Å². The summed E-state index contributed by atoms with van der Waals surface area (Å²) in [6.07, 6.45) is 0. The predicted octanol–water partition coefficient (Wildman–Crippen LogP) is 1.25.